The SMILES string of the molecule is CNCC1CCCN(C(=O)c2cncc(-c3ccc(N(C)C)cc3)c2)C1. The zero-order valence-electron chi connectivity index (χ0n) is 15.9. The topological polar surface area (TPSA) is 48.5 Å². The van der Waals surface area contributed by atoms with Crippen molar-refractivity contribution in [2.45, 2.75) is 12.8 Å². The minimum atomic E-state index is 0.0880. The molecule has 0 radical (unpaired) electrons. The third-order valence-corrected chi connectivity index (χ3v) is 5.00. The van der Waals surface area contributed by atoms with Crippen molar-refractivity contribution >= 4 is 11.6 Å². The highest BCUT2D eigenvalue weighted by atomic mass is 16.2. The predicted molar refractivity (Wildman–Crippen MR) is 107 cm³/mol. The van der Waals surface area contributed by atoms with Gasteiger partial charge in [-0.2, -0.15) is 0 Å². The molecular weight excluding hydrogens is 324 g/mol. The van der Waals surface area contributed by atoms with Crippen LogP contribution in [0.15, 0.2) is 42.7 Å². The summed E-state index contributed by atoms with van der Waals surface area (Å²) in [5, 5.41) is 3.23. The van der Waals surface area contributed by atoms with E-state index in [1.807, 2.05) is 38.3 Å². The van der Waals surface area contributed by atoms with Crippen molar-refractivity contribution in [1.82, 2.24) is 15.2 Å². The molecule has 0 saturated carbocycles. The van der Waals surface area contributed by atoms with E-state index in [-0.39, 0.29) is 5.91 Å². The quantitative estimate of drug-likeness (QED) is 0.899. The number of aromatic nitrogens is 1. The van der Waals surface area contributed by atoms with Gasteiger partial charge < -0.3 is 15.1 Å². The maximum Gasteiger partial charge on any atom is 0.255 e. The largest absolute Gasteiger partial charge is 0.378 e. The molecule has 5 nitrogen and oxygen atoms in total. The maximum absolute atomic E-state index is 12.9. The van der Waals surface area contributed by atoms with Crippen LogP contribution >= 0.6 is 0 Å². The smallest absolute Gasteiger partial charge is 0.255 e. The van der Waals surface area contributed by atoms with Crippen LogP contribution in [0.1, 0.15) is 23.2 Å². The van der Waals surface area contributed by atoms with E-state index >= 15 is 0 Å². The first kappa shape index (κ1) is 18.4. The van der Waals surface area contributed by atoms with Crippen LogP contribution in [0, 0.1) is 5.92 Å². The Kier molecular flexibility index (Phi) is 5.89. The Morgan fingerprint density at radius 3 is 2.69 bits per heavy atom. The van der Waals surface area contributed by atoms with Gasteiger partial charge in [0.25, 0.3) is 5.91 Å². The monoisotopic (exact) mass is 352 g/mol. The lowest BCUT2D eigenvalue weighted by Crippen LogP contribution is -2.42. The Morgan fingerprint density at radius 2 is 2.00 bits per heavy atom. The molecule has 1 aromatic carbocycles. The van der Waals surface area contributed by atoms with E-state index in [4.69, 9.17) is 0 Å². The van der Waals surface area contributed by atoms with E-state index in [1.54, 1.807) is 6.20 Å². The molecule has 1 fully saturated rings. The van der Waals surface area contributed by atoms with Crippen molar-refractivity contribution in [2.24, 2.45) is 5.92 Å². The van der Waals surface area contributed by atoms with Crippen LogP contribution in [0.2, 0.25) is 0 Å². The maximum atomic E-state index is 12.9. The van der Waals surface area contributed by atoms with E-state index in [2.05, 4.69) is 39.5 Å². The second-order valence-electron chi connectivity index (χ2n) is 7.22. The molecule has 2 aromatic rings. The molecule has 1 unspecified atom stereocenters. The highest BCUT2D eigenvalue weighted by Gasteiger charge is 2.24. The molecule has 1 saturated heterocycles. The standard InChI is InChI=1S/C21H28N4O/c1-22-12-16-5-4-10-25(15-16)21(26)19-11-18(13-23-14-19)17-6-8-20(9-7-17)24(2)3/h6-9,11,13-14,16,22H,4-5,10,12,15H2,1-3H3. The number of amides is 1. The summed E-state index contributed by atoms with van der Waals surface area (Å²) in [6.07, 6.45) is 5.75. The van der Waals surface area contributed by atoms with Crippen molar-refractivity contribution < 1.29 is 4.79 Å². The van der Waals surface area contributed by atoms with Crippen molar-refractivity contribution in [3.63, 3.8) is 0 Å². The number of hydrogen-bond acceptors (Lipinski definition) is 4. The van der Waals surface area contributed by atoms with Crippen LogP contribution in [0.3, 0.4) is 0 Å². The Balaban J connectivity index is 1.77. The summed E-state index contributed by atoms with van der Waals surface area (Å²) in [4.78, 5) is 21.3. The molecule has 0 spiro atoms. The fourth-order valence-electron chi connectivity index (χ4n) is 3.55. The molecule has 1 atom stereocenters. The average Bonchev–Trinajstić information content (AvgIpc) is 2.68. The molecule has 1 aliphatic heterocycles. The average molecular weight is 352 g/mol. The number of benzene rings is 1. The van der Waals surface area contributed by atoms with Crippen molar-refractivity contribution in [3.05, 3.63) is 48.3 Å². The van der Waals surface area contributed by atoms with Gasteiger partial charge >= 0.3 is 0 Å². The van der Waals surface area contributed by atoms with Crippen LogP contribution in [-0.4, -0.2) is 56.6 Å². The van der Waals surface area contributed by atoms with Gasteiger partial charge in [-0.1, -0.05) is 12.1 Å². The molecule has 138 valence electrons. The summed E-state index contributed by atoms with van der Waals surface area (Å²) in [5.41, 5.74) is 3.87. The first-order valence-electron chi connectivity index (χ1n) is 9.25. The van der Waals surface area contributed by atoms with Gasteiger partial charge in [0.2, 0.25) is 0 Å². The fourth-order valence-corrected chi connectivity index (χ4v) is 3.55. The van der Waals surface area contributed by atoms with E-state index in [0.29, 0.717) is 11.5 Å². The van der Waals surface area contributed by atoms with Crippen LogP contribution in [-0.2, 0) is 0 Å². The van der Waals surface area contributed by atoms with E-state index < -0.39 is 0 Å². The number of nitrogens with one attached hydrogen (secondary N) is 1. The molecule has 5 heteroatoms. The summed E-state index contributed by atoms with van der Waals surface area (Å²) in [6.45, 7) is 2.61. The lowest BCUT2D eigenvalue weighted by atomic mass is 9.97. The third kappa shape index (κ3) is 4.22. The third-order valence-electron chi connectivity index (χ3n) is 5.00. The predicted octanol–water partition coefficient (Wildman–Crippen LogP) is 2.89. The number of rotatable bonds is 5. The van der Waals surface area contributed by atoms with Gasteiger partial charge in [0.1, 0.15) is 0 Å². The van der Waals surface area contributed by atoms with Crippen LogP contribution < -0.4 is 10.2 Å². The van der Waals surface area contributed by atoms with Gasteiger partial charge in [-0.05, 0) is 56.1 Å². The molecule has 3 rings (SSSR count). The fraction of sp³-hybridized carbons (Fsp3) is 0.429. The zero-order valence-corrected chi connectivity index (χ0v) is 15.9. The Bertz CT molecular complexity index is 740. The molecule has 1 aliphatic rings. The summed E-state index contributed by atoms with van der Waals surface area (Å²) in [6, 6.07) is 10.3. The number of carbonyl (C=O) groups is 1. The van der Waals surface area contributed by atoms with Gasteiger partial charge in [0.15, 0.2) is 0 Å². The van der Waals surface area contributed by atoms with E-state index in [9.17, 15) is 4.79 Å². The molecule has 1 amide bonds. The Hall–Kier alpha value is -2.40. The van der Waals surface area contributed by atoms with E-state index in [0.717, 1.165) is 42.9 Å². The van der Waals surface area contributed by atoms with Gasteiger partial charge in [-0.15, -0.1) is 0 Å². The number of anilines is 1. The van der Waals surface area contributed by atoms with Gasteiger partial charge in [0.05, 0.1) is 5.56 Å². The summed E-state index contributed by atoms with van der Waals surface area (Å²) >= 11 is 0. The molecule has 26 heavy (non-hydrogen) atoms. The molecule has 0 bridgehead atoms. The van der Waals surface area contributed by atoms with Crippen LogP contribution in [0.4, 0.5) is 5.69 Å². The lowest BCUT2D eigenvalue weighted by Gasteiger charge is -2.32. The second kappa shape index (κ2) is 8.32. The Morgan fingerprint density at radius 1 is 1.23 bits per heavy atom. The molecule has 1 N–H and O–H groups in total. The highest BCUT2D eigenvalue weighted by Crippen LogP contribution is 2.24. The summed E-state index contributed by atoms with van der Waals surface area (Å²) in [5.74, 6) is 0.623. The molecular formula is C21H28N4O. The van der Waals surface area contributed by atoms with Gasteiger partial charge in [-0.3, -0.25) is 9.78 Å². The summed E-state index contributed by atoms with van der Waals surface area (Å²) < 4.78 is 0. The first-order chi connectivity index (χ1) is 12.6. The van der Waals surface area contributed by atoms with Crippen molar-refractivity contribution in [2.75, 3.05) is 45.7 Å². The minimum Gasteiger partial charge on any atom is -0.378 e. The highest BCUT2D eigenvalue weighted by molar-refractivity contribution is 5.95. The van der Waals surface area contributed by atoms with E-state index in [1.165, 1.54) is 6.42 Å². The van der Waals surface area contributed by atoms with Gasteiger partial charge in [0, 0.05) is 50.8 Å². The number of piperidine rings is 1. The zero-order chi connectivity index (χ0) is 18.5. The molecule has 1 aromatic heterocycles. The molecule has 2 heterocycles. The van der Waals surface area contributed by atoms with Crippen LogP contribution in [0.5, 0.6) is 0 Å². The number of hydrogen-bond donors (Lipinski definition) is 1. The van der Waals surface area contributed by atoms with Crippen molar-refractivity contribution in [1.29, 1.82) is 0 Å². The first-order valence-corrected chi connectivity index (χ1v) is 9.25. The lowest BCUT2D eigenvalue weighted by molar-refractivity contribution is 0.0674. The van der Waals surface area contributed by atoms with Crippen LogP contribution in [0.25, 0.3) is 11.1 Å². The summed E-state index contributed by atoms with van der Waals surface area (Å²) in [7, 11) is 6.02. The number of likely N-dealkylation sites (tertiary alicyclic amines) is 1. The minimum absolute atomic E-state index is 0.0880. The number of pyridine rings is 1. The Labute approximate surface area is 156 Å². The normalized spacial score (nSPS) is 17.2. The number of nitrogens with zero attached hydrogens (tertiary/aromatic N) is 3. The second-order valence-corrected chi connectivity index (χ2v) is 7.22. The molecule has 0 aliphatic carbocycles. The van der Waals surface area contributed by atoms with Gasteiger partial charge in [-0.25, -0.2) is 0 Å². The van der Waals surface area contributed by atoms with Crippen molar-refractivity contribution in [3.8, 4) is 11.1 Å². The number of carbonyl (C=O) groups excluding carboxylic acids is 1.